The van der Waals surface area contributed by atoms with Gasteiger partial charge in [-0.2, -0.15) is 4.68 Å². The van der Waals surface area contributed by atoms with Crippen molar-refractivity contribution in [2.24, 2.45) is 16.8 Å². The van der Waals surface area contributed by atoms with Gasteiger partial charge in [-0.15, -0.1) is 5.10 Å². The molecule has 0 radical (unpaired) electrons. The summed E-state index contributed by atoms with van der Waals surface area (Å²) in [6.07, 6.45) is -0.446. The lowest BCUT2D eigenvalue weighted by molar-refractivity contribution is -0.139. The summed E-state index contributed by atoms with van der Waals surface area (Å²) in [5.41, 5.74) is 1.76. The first-order chi connectivity index (χ1) is 11.0. The minimum Gasteiger partial charge on any atom is -0.435 e. The Morgan fingerprint density at radius 1 is 1.30 bits per heavy atom. The SMILES string of the molecule is CC(C)C1=NC([C@@H](C)CC(=O)n2nnc3ccccc32)OC1=O. The number of rotatable bonds is 4. The highest BCUT2D eigenvalue weighted by molar-refractivity contribution is 6.38. The quantitative estimate of drug-likeness (QED) is 0.806. The maximum absolute atomic E-state index is 12.5. The molecule has 1 unspecified atom stereocenters. The van der Waals surface area contributed by atoms with E-state index >= 15 is 0 Å². The summed E-state index contributed by atoms with van der Waals surface area (Å²) < 4.78 is 6.55. The molecule has 0 spiro atoms. The monoisotopic (exact) mass is 314 g/mol. The molecule has 0 N–H and O–H groups in total. The number of nitrogens with zero attached hydrogens (tertiary/aromatic N) is 4. The van der Waals surface area contributed by atoms with Crippen molar-refractivity contribution in [3.63, 3.8) is 0 Å². The minimum atomic E-state index is -0.612. The van der Waals surface area contributed by atoms with Crippen LogP contribution in [0.5, 0.6) is 0 Å². The predicted octanol–water partition coefficient (Wildman–Crippen LogP) is 2.08. The molecule has 1 aliphatic rings. The van der Waals surface area contributed by atoms with Gasteiger partial charge in [-0.25, -0.2) is 9.79 Å². The molecule has 2 heterocycles. The first kappa shape index (κ1) is 15.3. The fraction of sp³-hybridized carbons (Fsp3) is 0.438. The maximum Gasteiger partial charge on any atom is 0.354 e. The molecule has 0 aliphatic carbocycles. The van der Waals surface area contributed by atoms with Crippen molar-refractivity contribution in [2.45, 2.75) is 33.4 Å². The first-order valence-corrected chi connectivity index (χ1v) is 7.59. The van der Waals surface area contributed by atoms with E-state index in [4.69, 9.17) is 4.74 Å². The van der Waals surface area contributed by atoms with Gasteiger partial charge in [0, 0.05) is 18.3 Å². The fourth-order valence-corrected chi connectivity index (χ4v) is 2.53. The number of cyclic esters (lactones) is 1. The first-order valence-electron chi connectivity index (χ1n) is 7.59. The molecule has 0 saturated carbocycles. The van der Waals surface area contributed by atoms with Crippen LogP contribution in [0.4, 0.5) is 0 Å². The highest BCUT2D eigenvalue weighted by atomic mass is 16.6. The van der Waals surface area contributed by atoms with Crippen molar-refractivity contribution in [2.75, 3.05) is 0 Å². The van der Waals surface area contributed by atoms with Gasteiger partial charge in [-0.05, 0) is 12.1 Å². The van der Waals surface area contributed by atoms with Crippen LogP contribution in [-0.2, 0) is 9.53 Å². The van der Waals surface area contributed by atoms with E-state index in [-0.39, 0.29) is 24.2 Å². The molecule has 2 atom stereocenters. The second kappa shape index (κ2) is 5.91. The number of carbonyl (C=O) groups is 2. The van der Waals surface area contributed by atoms with E-state index in [2.05, 4.69) is 15.3 Å². The van der Waals surface area contributed by atoms with E-state index in [1.165, 1.54) is 4.68 Å². The van der Waals surface area contributed by atoms with Gasteiger partial charge in [-0.1, -0.05) is 38.1 Å². The number of benzene rings is 1. The van der Waals surface area contributed by atoms with Crippen LogP contribution in [0.2, 0.25) is 0 Å². The van der Waals surface area contributed by atoms with E-state index in [0.717, 1.165) is 0 Å². The van der Waals surface area contributed by atoms with Crippen LogP contribution in [0.15, 0.2) is 29.3 Å². The average molecular weight is 314 g/mol. The summed E-state index contributed by atoms with van der Waals surface area (Å²) in [5.74, 6) is -0.814. The summed E-state index contributed by atoms with van der Waals surface area (Å²) in [4.78, 5) is 28.5. The molecule has 1 aromatic carbocycles. The number of fused-ring (bicyclic) bond motifs is 1. The molecular weight excluding hydrogens is 296 g/mol. The lowest BCUT2D eigenvalue weighted by atomic mass is 10.1. The lowest BCUT2D eigenvalue weighted by Gasteiger charge is -2.14. The average Bonchev–Trinajstić information content (AvgIpc) is 3.10. The molecule has 0 bridgehead atoms. The maximum atomic E-state index is 12.5. The Morgan fingerprint density at radius 2 is 2.04 bits per heavy atom. The van der Waals surface area contributed by atoms with Crippen molar-refractivity contribution < 1.29 is 14.3 Å². The number of hydrogen-bond donors (Lipinski definition) is 0. The zero-order chi connectivity index (χ0) is 16.6. The van der Waals surface area contributed by atoms with Gasteiger partial charge >= 0.3 is 5.97 Å². The number of aromatic nitrogens is 3. The summed E-state index contributed by atoms with van der Waals surface area (Å²) in [6, 6.07) is 7.27. The van der Waals surface area contributed by atoms with Crippen LogP contribution >= 0.6 is 0 Å². The van der Waals surface area contributed by atoms with Crippen LogP contribution in [0, 0.1) is 11.8 Å². The summed E-state index contributed by atoms with van der Waals surface area (Å²) in [6.45, 7) is 5.61. The lowest BCUT2D eigenvalue weighted by Crippen LogP contribution is -2.24. The van der Waals surface area contributed by atoms with Gasteiger partial charge in [0.15, 0.2) is 6.23 Å². The summed E-state index contributed by atoms with van der Waals surface area (Å²) in [5, 5.41) is 7.88. The van der Waals surface area contributed by atoms with Gasteiger partial charge in [0.1, 0.15) is 11.2 Å². The topological polar surface area (TPSA) is 86.4 Å². The van der Waals surface area contributed by atoms with Crippen LogP contribution in [-0.4, -0.2) is 38.8 Å². The fourth-order valence-electron chi connectivity index (χ4n) is 2.53. The van der Waals surface area contributed by atoms with E-state index in [1.807, 2.05) is 32.9 Å². The van der Waals surface area contributed by atoms with E-state index in [1.54, 1.807) is 12.1 Å². The van der Waals surface area contributed by atoms with E-state index < -0.39 is 12.2 Å². The van der Waals surface area contributed by atoms with E-state index in [0.29, 0.717) is 16.7 Å². The molecule has 7 nitrogen and oxygen atoms in total. The Morgan fingerprint density at radius 3 is 2.74 bits per heavy atom. The standard InChI is InChI=1S/C16H18N4O3/c1-9(2)14-16(22)23-15(17-14)10(3)8-13(21)20-12-7-5-4-6-11(12)18-19-20/h4-7,9-10,15H,8H2,1-3H3/t10-,15?/m0/s1. The smallest absolute Gasteiger partial charge is 0.354 e. The number of para-hydroxylation sites is 1. The summed E-state index contributed by atoms with van der Waals surface area (Å²) >= 11 is 0. The molecule has 1 aliphatic heterocycles. The molecular formula is C16H18N4O3. The van der Waals surface area contributed by atoms with Crippen LogP contribution in [0.3, 0.4) is 0 Å². The molecule has 23 heavy (non-hydrogen) atoms. The third-order valence-corrected chi connectivity index (χ3v) is 3.82. The molecule has 1 aromatic heterocycles. The van der Waals surface area contributed by atoms with Gasteiger partial charge < -0.3 is 4.74 Å². The second-order valence-electron chi connectivity index (χ2n) is 6.03. The molecule has 0 saturated heterocycles. The predicted molar refractivity (Wildman–Crippen MR) is 84.1 cm³/mol. The number of ether oxygens (including phenoxy) is 1. The van der Waals surface area contributed by atoms with Crippen molar-refractivity contribution in [1.82, 2.24) is 15.0 Å². The normalized spacial score (nSPS) is 19.0. The Balaban J connectivity index is 1.74. The van der Waals surface area contributed by atoms with Crippen LogP contribution < -0.4 is 0 Å². The highest BCUT2D eigenvalue weighted by Gasteiger charge is 2.33. The third kappa shape index (κ3) is 2.86. The Hall–Kier alpha value is -2.57. The molecule has 120 valence electrons. The Kier molecular flexibility index (Phi) is 3.94. The number of hydrogen-bond acceptors (Lipinski definition) is 6. The second-order valence-corrected chi connectivity index (χ2v) is 6.03. The third-order valence-electron chi connectivity index (χ3n) is 3.82. The largest absolute Gasteiger partial charge is 0.435 e. The highest BCUT2D eigenvalue weighted by Crippen LogP contribution is 2.22. The Bertz CT molecular complexity index is 793. The van der Waals surface area contributed by atoms with Crippen molar-refractivity contribution in [3.8, 4) is 0 Å². The van der Waals surface area contributed by atoms with Gasteiger partial charge in [0.25, 0.3) is 0 Å². The molecule has 0 fully saturated rings. The van der Waals surface area contributed by atoms with Crippen molar-refractivity contribution >= 4 is 28.6 Å². The number of carbonyl (C=O) groups excluding carboxylic acids is 2. The zero-order valence-corrected chi connectivity index (χ0v) is 13.3. The molecule has 7 heteroatoms. The van der Waals surface area contributed by atoms with Crippen molar-refractivity contribution in [1.29, 1.82) is 0 Å². The van der Waals surface area contributed by atoms with Crippen molar-refractivity contribution in [3.05, 3.63) is 24.3 Å². The molecule has 3 rings (SSSR count). The minimum absolute atomic E-state index is 0.00894. The zero-order valence-electron chi connectivity index (χ0n) is 13.3. The van der Waals surface area contributed by atoms with Crippen LogP contribution in [0.25, 0.3) is 11.0 Å². The number of esters is 1. The Labute approximate surface area is 133 Å². The van der Waals surface area contributed by atoms with E-state index in [9.17, 15) is 9.59 Å². The summed E-state index contributed by atoms with van der Waals surface area (Å²) in [7, 11) is 0. The molecule has 0 amide bonds. The number of aliphatic imine (C=N–C) groups is 1. The van der Waals surface area contributed by atoms with Gasteiger partial charge in [-0.3, -0.25) is 4.79 Å². The molecule has 2 aromatic rings. The van der Waals surface area contributed by atoms with Gasteiger partial charge in [0.05, 0.1) is 5.52 Å². The van der Waals surface area contributed by atoms with Crippen LogP contribution in [0.1, 0.15) is 32.0 Å². The van der Waals surface area contributed by atoms with Gasteiger partial charge in [0.2, 0.25) is 5.91 Å².